The second kappa shape index (κ2) is 7.80. The Morgan fingerprint density at radius 1 is 0.719 bits per heavy atom. The van der Waals surface area contributed by atoms with Gasteiger partial charge in [-0.3, -0.25) is 18.5 Å². The van der Waals surface area contributed by atoms with E-state index in [2.05, 4.69) is 5.32 Å². The van der Waals surface area contributed by atoms with Gasteiger partial charge in [-0.25, -0.2) is 0 Å². The van der Waals surface area contributed by atoms with Crippen LogP contribution in [0.1, 0.15) is 10.4 Å². The van der Waals surface area contributed by atoms with E-state index in [1.54, 1.807) is 0 Å². The maximum Gasteiger partial charge on any atom is 0.295 e. The molecule has 0 bridgehead atoms. The van der Waals surface area contributed by atoms with Crippen LogP contribution in [0.25, 0.3) is 10.8 Å². The maximum absolute atomic E-state index is 12.7. The van der Waals surface area contributed by atoms with Crippen molar-refractivity contribution in [1.82, 2.24) is 0 Å². The van der Waals surface area contributed by atoms with Crippen molar-refractivity contribution >= 4 is 58.4 Å². The molecule has 0 heterocycles. The van der Waals surface area contributed by atoms with E-state index in [0.29, 0.717) is 0 Å². The summed E-state index contributed by atoms with van der Waals surface area (Å²) in [5.74, 6) is -1.07. The molecule has 0 aliphatic carbocycles. The highest BCUT2D eigenvalue weighted by molar-refractivity contribution is 7.86. The van der Waals surface area contributed by atoms with Gasteiger partial charge in [0.1, 0.15) is 9.79 Å². The minimum Gasteiger partial charge on any atom is -0.399 e. The Hall–Kier alpha value is -3.08. The highest BCUT2D eigenvalue weighted by atomic mass is 32.2. The summed E-state index contributed by atoms with van der Waals surface area (Å²) in [6.07, 6.45) is 0. The fourth-order valence-electron chi connectivity index (χ4n) is 2.92. The van der Waals surface area contributed by atoms with E-state index >= 15 is 0 Å². The predicted octanol–water partition coefficient (Wildman–Crippen LogP) is 1.41. The molecule has 0 aliphatic rings. The number of rotatable bonds is 5. The largest absolute Gasteiger partial charge is 0.399 e. The average Bonchev–Trinajstić information content (AvgIpc) is 2.65. The van der Waals surface area contributed by atoms with Gasteiger partial charge in [-0.1, -0.05) is 6.07 Å². The number of nitrogens with one attached hydrogen (secondary N) is 1. The van der Waals surface area contributed by atoms with E-state index in [4.69, 9.17) is 5.73 Å². The second-order valence-electron chi connectivity index (χ2n) is 6.45. The first-order valence-corrected chi connectivity index (χ1v) is 12.6. The first-order chi connectivity index (χ1) is 14.6. The lowest BCUT2D eigenvalue weighted by molar-refractivity contribution is 0.102. The Morgan fingerprint density at radius 2 is 1.34 bits per heavy atom. The van der Waals surface area contributed by atoms with Gasteiger partial charge in [-0.15, -0.1) is 0 Å². The zero-order chi connectivity index (χ0) is 24.1. The van der Waals surface area contributed by atoms with Crippen LogP contribution in [0, 0.1) is 0 Å². The summed E-state index contributed by atoms with van der Waals surface area (Å²) in [5.41, 5.74) is 4.73. The molecule has 0 aromatic heterocycles. The number of carbonyl (C=O) groups excluding carboxylic acids is 1. The molecule has 6 N–H and O–H groups in total. The van der Waals surface area contributed by atoms with E-state index in [1.807, 2.05) is 0 Å². The van der Waals surface area contributed by atoms with Crippen LogP contribution in [0.2, 0.25) is 0 Å². The topological polar surface area (TPSA) is 218 Å². The molecule has 0 atom stereocenters. The minimum atomic E-state index is -4.85. The third kappa shape index (κ3) is 4.72. The molecule has 0 saturated carbocycles. The summed E-state index contributed by atoms with van der Waals surface area (Å²) in [7, 11) is -14.3. The first kappa shape index (κ1) is 23.6. The number of benzene rings is 3. The molecule has 0 fully saturated rings. The van der Waals surface area contributed by atoms with E-state index in [-0.39, 0.29) is 22.1 Å². The quantitative estimate of drug-likeness (QED) is 0.248. The van der Waals surface area contributed by atoms with Crippen molar-refractivity contribution in [2.45, 2.75) is 14.7 Å². The van der Waals surface area contributed by atoms with E-state index in [0.717, 1.165) is 42.5 Å². The monoisotopic (exact) mass is 502 g/mol. The average molecular weight is 503 g/mol. The summed E-state index contributed by atoms with van der Waals surface area (Å²) in [5, 5.41) is 1.86. The fraction of sp³-hybridized carbons (Fsp3) is 0. The van der Waals surface area contributed by atoms with Crippen LogP contribution in [0.5, 0.6) is 0 Å². The van der Waals surface area contributed by atoms with Gasteiger partial charge in [0.25, 0.3) is 36.3 Å². The van der Waals surface area contributed by atoms with Crippen molar-refractivity contribution in [3.8, 4) is 0 Å². The molecule has 32 heavy (non-hydrogen) atoms. The number of amides is 1. The van der Waals surface area contributed by atoms with Crippen LogP contribution in [-0.4, -0.2) is 44.8 Å². The molecule has 15 heteroatoms. The van der Waals surface area contributed by atoms with Crippen LogP contribution < -0.4 is 11.1 Å². The number of anilines is 2. The third-order valence-electron chi connectivity index (χ3n) is 4.30. The molecule has 0 saturated heterocycles. The minimum absolute atomic E-state index is 0.0603. The zero-order valence-corrected chi connectivity index (χ0v) is 18.1. The molecular weight excluding hydrogens is 488 g/mol. The molecule has 170 valence electrons. The normalized spacial score (nSPS) is 12.6. The Morgan fingerprint density at radius 3 is 1.91 bits per heavy atom. The van der Waals surface area contributed by atoms with Crippen molar-refractivity contribution in [3.63, 3.8) is 0 Å². The van der Waals surface area contributed by atoms with Crippen LogP contribution >= 0.6 is 0 Å². The Bertz CT molecular complexity index is 1600. The molecule has 3 aromatic rings. The van der Waals surface area contributed by atoms with Crippen LogP contribution in [-0.2, 0) is 30.4 Å². The molecule has 0 radical (unpaired) electrons. The number of carbonyl (C=O) groups is 1. The van der Waals surface area contributed by atoms with Gasteiger partial charge in [0.05, 0.1) is 10.5 Å². The van der Waals surface area contributed by atoms with E-state index < -0.39 is 56.5 Å². The van der Waals surface area contributed by atoms with Gasteiger partial charge in [-0.05, 0) is 42.5 Å². The smallest absolute Gasteiger partial charge is 0.295 e. The third-order valence-corrected chi connectivity index (χ3v) is 6.96. The zero-order valence-electron chi connectivity index (χ0n) is 15.6. The summed E-state index contributed by atoms with van der Waals surface area (Å²) in [4.78, 5) is 10.7. The predicted molar refractivity (Wildman–Crippen MR) is 112 cm³/mol. The number of hydrogen-bond donors (Lipinski definition) is 5. The van der Waals surface area contributed by atoms with Crippen molar-refractivity contribution in [2.75, 3.05) is 11.1 Å². The van der Waals surface area contributed by atoms with Crippen LogP contribution in [0.3, 0.4) is 0 Å². The lowest BCUT2D eigenvalue weighted by Gasteiger charge is -2.13. The molecule has 1 amide bonds. The van der Waals surface area contributed by atoms with Gasteiger partial charge in [0.2, 0.25) is 0 Å². The van der Waals surface area contributed by atoms with Gasteiger partial charge in [-0.2, -0.15) is 25.3 Å². The Labute approximate surface area is 181 Å². The SMILES string of the molecule is Nc1ccc(C(=O)Nc2ccc(S(=O)(=O)O)c3ccc(S(=O)(=O)O)cc23)c(S(=O)(=O)O)c1. The van der Waals surface area contributed by atoms with Crippen LogP contribution in [0.15, 0.2) is 63.2 Å². The Kier molecular flexibility index (Phi) is 5.75. The van der Waals surface area contributed by atoms with Gasteiger partial charge < -0.3 is 11.1 Å². The fourth-order valence-corrected chi connectivity index (χ4v) is 4.85. The number of fused-ring (bicyclic) bond motifs is 1. The summed E-state index contributed by atoms with van der Waals surface area (Å²) < 4.78 is 97.7. The van der Waals surface area contributed by atoms with E-state index in [9.17, 15) is 43.7 Å². The maximum atomic E-state index is 12.7. The molecule has 0 unspecified atom stereocenters. The van der Waals surface area contributed by atoms with Gasteiger partial charge in [0.15, 0.2) is 0 Å². The van der Waals surface area contributed by atoms with Gasteiger partial charge >= 0.3 is 0 Å². The number of hydrogen-bond acceptors (Lipinski definition) is 8. The van der Waals surface area contributed by atoms with E-state index in [1.165, 1.54) is 6.07 Å². The highest BCUT2D eigenvalue weighted by Gasteiger charge is 2.23. The summed E-state index contributed by atoms with van der Waals surface area (Å²) in [6.45, 7) is 0. The van der Waals surface area contributed by atoms with Crippen molar-refractivity contribution < 1.29 is 43.7 Å². The lowest BCUT2D eigenvalue weighted by atomic mass is 10.1. The molecule has 0 aliphatic heterocycles. The lowest BCUT2D eigenvalue weighted by Crippen LogP contribution is -2.17. The molecule has 0 spiro atoms. The van der Waals surface area contributed by atoms with Gasteiger partial charge in [0, 0.05) is 22.1 Å². The standard InChI is InChI=1S/C17H14N2O10S3/c18-9-1-3-12(16(7-9)32(27,28)29)17(20)19-14-5-6-15(31(24,25)26)11-4-2-10(8-13(11)14)30(21,22)23/h1-8H,18H2,(H,19,20)(H,21,22,23)(H,24,25,26)(H,27,28,29). The van der Waals surface area contributed by atoms with Crippen molar-refractivity contribution in [3.05, 3.63) is 54.1 Å². The first-order valence-electron chi connectivity index (χ1n) is 8.29. The molecule has 3 aromatic carbocycles. The van der Waals surface area contributed by atoms with Crippen LogP contribution in [0.4, 0.5) is 11.4 Å². The highest BCUT2D eigenvalue weighted by Crippen LogP contribution is 2.32. The molecule has 3 rings (SSSR count). The number of nitrogens with two attached hydrogens (primary N) is 1. The summed E-state index contributed by atoms with van der Waals surface area (Å²) in [6, 6.07) is 7.72. The van der Waals surface area contributed by atoms with Crippen molar-refractivity contribution in [1.29, 1.82) is 0 Å². The molecular formula is C17H14N2O10S3. The molecule has 12 nitrogen and oxygen atoms in total. The Balaban J connectivity index is 2.23. The second-order valence-corrected chi connectivity index (χ2v) is 10.7. The van der Waals surface area contributed by atoms with Crippen molar-refractivity contribution in [2.24, 2.45) is 0 Å². The number of nitrogen functional groups attached to an aromatic ring is 1. The summed E-state index contributed by atoms with van der Waals surface area (Å²) >= 11 is 0.